The molecule has 7 heteroatoms. The molecule has 0 aliphatic rings. The molecule has 0 spiro atoms. The summed E-state index contributed by atoms with van der Waals surface area (Å²) in [5.41, 5.74) is 1.47. The summed E-state index contributed by atoms with van der Waals surface area (Å²) in [4.78, 5) is 20.6. The first-order valence-electron chi connectivity index (χ1n) is 5.99. The zero-order valence-electron chi connectivity index (χ0n) is 10.5. The van der Waals surface area contributed by atoms with Gasteiger partial charge in [-0.2, -0.15) is 0 Å². The van der Waals surface area contributed by atoms with E-state index in [9.17, 15) is 4.79 Å². The van der Waals surface area contributed by atoms with Gasteiger partial charge < -0.3 is 9.88 Å². The molecule has 5 nitrogen and oxygen atoms in total. The van der Waals surface area contributed by atoms with Crippen molar-refractivity contribution in [3.05, 3.63) is 22.6 Å². The molecule has 0 aromatic carbocycles. The van der Waals surface area contributed by atoms with Gasteiger partial charge in [0, 0.05) is 29.5 Å². The van der Waals surface area contributed by atoms with Crippen LogP contribution in [0.15, 0.2) is 16.7 Å². The largest absolute Gasteiger partial charge is 0.355 e. The van der Waals surface area contributed by atoms with Crippen molar-refractivity contribution >= 4 is 44.6 Å². The van der Waals surface area contributed by atoms with E-state index in [1.165, 1.54) is 0 Å². The number of aryl methyl sites for hydroxylation is 1. The molecule has 19 heavy (non-hydrogen) atoms. The summed E-state index contributed by atoms with van der Waals surface area (Å²) in [6.07, 6.45) is 2.30. The van der Waals surface area contributed by atoms with Crippen molar-refractivity contribution in [2.45, 2.75) is 19.9 Å². The van der Waals surface area contributed by atoms with Crippen LogP contribution in [0.25, 0.3) is 11.2 Å². The van der Waals surface area contributed by atoms with Gasteiger partial charge in [-0.25, -0.2) is 9.97 Å². The van der Waals surface area contributed by atoms with Crippen molar-refractivity contribution in [2.24, 2.45) is 0 Å². The molecule has 1 amide bonds. The lowest BCUT2D eigenvalue weighted by atomic mass is 10.4. The third-order valence-electron chi connectivity index (χ3n) is 2.62. The number of carbonyl (C=O) groups is 1. The molecule has 1 N–H and O–H groups in total. The van der Waals surface area contributed by atoms with Crippen molar-refractivity contribution in [3.63, 3.8) is 0 Å². The molecule has 2 rings (SSSR count). The highest BCUT2D eigenvalue weighted by Gasteiger charge is 2.14. The van der Waals surface area contributed by atoms with Gasteiger partial charge in [-0.05, 0) is 28.9 Å². The Balaban J connectivity index is 2.42. The van der Waals surface area contributed by atoms with E-state index in [2.05, 4.69) is 31.2 Å². The van der Waals surface area contributed by atoms with Gasteiger partial charge in [-0.1, -0.05) is 0 Å². The number of amides is 1. The number of likely N-dealkylation sites (N-methyl/N-ethyl adjacent to an activating group) is 1. The van der Waals surface area contributed by atoms with Gasteiger partial charge in [0.2, 0.25) is 5.91 Å². The maximum atomic E-state index is 11.7. The van der Waals surface area contributed by atoms with E-state index in [0.29, 0.717) is 24.5 Å². The summed E-state index contributed by atoms with van der Waals surface area (Å²) < 4.78 is 2.68. The predicted molar refractivity (Wildman–Crippen MR) is 78.3 cm³/mol. The van der Waals surface area contributed by atoms with Crippen LogP contribution in [0.4, 0.5) is 0 Å². The SMILES string of the molecule is CCNC(=O)Cn1c(CCCl)nc2cc(Br)cnc21. The van der Waals surface area contributed by atoms with Gasteiger partial charge >= 0.3 is 0 Å². The third-order valence-corrected chi connectivity index (χ3v) is 3.25. The average Bonchev–Trinajstić information content (AvgIpc) is 2.67. The number of imidazole rings is 1. The summed E-state index contributed by atoms with van der Waals surface area (Å²) in [6, 6.07) is 1.88. The predicted octanol–water partition coefficient (Wildman–Crippen LogP) is 2.11. The van der Waals surface area contributed by atoms with Crippen molar-refractivity contribution in [1.82, 2.24) is 19.9 Å². The highest BCUT2D eigenvalue weighted by atomic mass is 79.9. The second-order valence-corrected chi connectivity index (χ2v) is 5.30. The number of fused-ring (bicyclic) bond motifs is 1. The minimum atomic E-state index is -0.0534. The number of rotatable bonds is 5. The maximum Gasteiger partial charge on any atom is 0.240 e. The second kappa shape index (κ2) is 6.34. The van der Waals surface area contributed by atoms with Crippen molar-refractivity contribution in [3.8, 4) is 0 Å². The standard InChI is InChI=1S/C12H14BrClN4O/c1-2-15-11(19)7-18-10(3-4-14)17-9-5-8(13)6-16-12(9)18/h5-6H,2-4,7H2,1H3,(H,15,19). The number of nitrogens with one attached hydrogen (secondary N) is 1. The normalized spacial score (nSPS) is 10.9. The molecule has 0 unspecified atom stereocenters. The fourth-order valence-electron chi connectivity index (χ4n) is 1.87. The van der Waals surface area contributed by atoms with E-state index in [1.54, 1.807) is 6.20 Å². The van der Waals surface area contributed by atoms with Crippen LogP contribution in [0.3, 0.4) is 0 Å². The number of nitrogens with zero attached hydrogens (tertiary/aromatic N) is 3. The third kappa shape index (κ3) is 3.25. The molecule has 0 aliphatic heterocycles. The first kappa shape index (κ1) is 14.3. The van der Waals surface area contributed by atoms with E-state index in [1.807, 2.05) is 17.6 Å². The topological polar surface area (TPSA) is 59.8 Å². The first-order chi connectivity index (χ1) is 9.15. The van der Waals surface area contributed by atoms with Gasteiger partial charge in [0.05, 0.1) is 0 Å². The second-order valence-electron chi connectivity index (χ2n) is 4.00. The smallest absolute Gasteiger partial charge is 0.240 e. The number of pyridine rings is 1. The number of hydrogen-bond donors (Lipinski definition) is 1. The lowest BCUT2D eigenvalue weighted by Crippen LogP contribution is -2.28. The fourth-order valence-corrected chi connectivity index (χ4v) is 2.36. The fraction of sp³-hybridized carbons (Fsp3) is 0.417. The van der Waals surface area contributed by atoms with Gasteiger partial charge in [-0.15, -0.1) is 11.6 Å². The van der Waals surface area contributed by atoms with Gasteiger partial charge in [0.15, 0.2) is 5.65 Å². The molecule has 0 saturated carbocycles. The Labute approximate surface area is 124 Å². The molecule has 0 saturated heterocycles. The zero-order valence-corrected chi connectivity index (χ0v) is 12.8. The van der Waals surface area contributed by atoms with Crippen LogP contribution >= 0.6 is 27.5 Å². The Hall–Kier alpha value is -1.14. The Morgan fingerprint density at radius 2 is 2.37 bits per heavy atom. The summed E-state index contributed by atoms with van der Waals surface area (Å²) in [6.45, 7) is 2.71. The first-order valence-corrected chi connectivity index (χ1v) is 7.31. The molecule has 2 heterocycles. The molecule has 2 aromatic heterocycles. The van der Waals surface area contributed by atoms with E-state index in [4.69, 9.17) is 11.6 Å². The Bertz CT molecular complexity index is 599. The monoisotopic (exact) mass is 344 g/mol. The minimum Gasteiger partial charge on any atom is -0.355 e. The average molecular weight is 346 g/mol. The summed E-state index contributed by atoms with van der Waals surface area (Å²) in [5.74, 6) is 1.18. The van der Waals surface area contributed by atoms with E-state index >= 15 is 0 Å². The number of alkyl halides is 1. The van der Waals surface area contributed by atoms with E-state index in [-0.39, 0.29) is 12.5 Å². The van der Waals surface area contributed by atoms with E-state index in [0.717, 1.165) is 15.8 Å². The van der Waals surface area contributed by atoms with Crippen molar-refractivity contribution < 1.29 is 4.79 Å². The highest BCUT2D eigenvalue weighted by molar-refractivity contribution is 9.10. The molecule has 0 radical (unpaired) electrons. The van der Waals surface area contributed by atoms with Crippen molar-refractivity contribution in [1.29, 1.82) is 0 Å². The van der Waals surface area contributed by atoms with Crippen LogP contribution in [0.1, 0.15) is 12.7 Å². The van der Waals surface area contributed by atoms with Gasteiger partial charge in [0.1, 0.15) is 17.9 Å². The van der Waals surface area contributed by atoms with Crippen LogP contribution < -0.4 is 5.32 Å². The van der Waals surface area contributed by atoms with Gasteiger partial charge in [0.25, 0.3) is 0 Å². The Morgan fingerprint density at radius 1 is 1.58 bits per heavy atom. The van der Waals surface area contributed by atoms with Crippen LogP contribution in [-0.4, -0.2) is 32.9 Å². The number of halogens is 2. The quantitative estimate of drug-likeness (QED) is 0.844. The highest BCUT2D eigenvalue weighted by Crippen LogP contribution is 2.19. The number of carbonyl (C=O) groups excluding carboxylic acids is 1. The molecule has 0 bridgehead atoms. The molecular weight excluding hydrogens is 332 g/mol. The summed E-state index contributed by atoms with van der Waals surface area (Å²) in [7, 11) is 0. The van der Waals surface area contributed by atoms with Gasteiger partial charge in [-0.3, -0.25) is 4.79 Å². The van der Waals surface area contributed by atoms with Crippen molar-refractivity contribution in [2.75, 3.05) is 12.4 Å². The molecular formula is C12H14BrClN4O. The zero-order chi connectivity index (χ0) is 13.8. The lowest BCUT2D eigenvalue weighted by molar-refractivity contribution is -0.121. The van der Waals surface area contributed by atoms with Crippen LogP contribution in [0, 0.1) is 0 Å². The molecule has 0 atom stereocenters. The maximum absolute atomic E-state index is 11.7. The van der Waals surface area contributed by atoms with Crippen LogP contribution in [-0.2, 0) is 17.8 Å². The summed E-state index contributed by atoms with van der Waals surface area (Å²) >= 11 is 9.14. The molecule has 0 fully saturated rings. The molecule has 0 aliphatic carbocycles. The number of hydrogen-bond acceptors (Lipinski definition) is 3. The Kier molecular flexibility index (Phi) is 4.76. The Morgan fingerprint density at radius 3 is 3.05 bits per heavy atom. The molecule has 2 aromatic rings. The lowest BCUT2D eigenvalue weighted by Gasteiger charge is -2.07. The van der Waals surface area contributed by atoms with Crippen LogP contribution in [0.2, 0.25) is 0 Å². The number of aromatic nitrogens is 3. The molecule has 102 valence electrons. The van der Waals surface area contributed by atoms with Crippen LogP contribution in [0.5, 0.6) is 0 Å². The minimum absolute atomic E-state index is 0.0534. The van der Waals surface area contributed by atoms with E-state index < -0.39 is 0 Å². The summed E-state index contributed by atoms with van der Waals surface area (Å²) in [5, 5.41) is 2.77.